The topological polar surface area (TPSA) is 49.9 Å². The van der Waals surface area contributed by atoms with Crippen LogP contribution in [0.3, 0.4) is 0 Å². The molecule has 2 saturated heterocycles. The van der Waals surface area contributed by atoms with Gasteiger partial charge in [-0.05, 0) is 43.4 Å². The van der Waals surface area contributed by atoms with Gasteiger partial charge >= 0.3 is 0 Å². The summed E-state index contributed by atoms with van der Waals surface area (Å²) in [7, 11) is -1.76. The van der Waals surface area contributed by atoms with E-state index in [0.29, 0.717) is 18.0 Å². The third-order valence-electron chi connectivity index (χ3n) is 6.07. The van der Waals surface area contributed by atoms with E-state index < -0.39 is 10.0 Å². The summed E-state index contributed by atoms with van der Waals surface area (Å²) in [5, 5.41) is 0. The average Bonchev–Trinajstić information content (AvgIpc) is 2.54. The maximum Gasteiger partial charge on any atom is 0.243 e. The molecular formula is C20H28N2O3S. The van der Waals surface area contributed by atoms with E-state index in [4.69, 9.17) is 4.74 Å². The Kier molecular flexibility index (Phi) is 5.19. The monoisotopic (exact) mass is 376 g/mol. The minimum Gasteiger partial charge on any atom is -0.379 e. The normalized spacial score (nSPS) is 23.5. The second-order valence-electron chi connectivity index (χ2n) is 7.67. The number of likely N-dealkylation sites (tertiary alicyclic amines) is 1. The van der Waals surface area contributed by atoms with Gasteiger partial charge in [0.25, 0.3) is 0 Å². The Morgan fingerprint density at radius 3 is 2.27 bits per heavy atom. The Labute approximate surface area is 156 Å². The zero-order valence-corrected chi connectivity index (χ0v) is 16.2. The molecule has 1 aliphatic carbocycles. The van der Waals surface area contributed by atoms with Crippen LogP contribution in [-0.2, 0) is 14.8 Å². The van der Waals surface area contributed by atoms with Crippen LogP contribution >= 0.6 is 0 Å². The van der Waals surface area contributed by atoms with Crippen molar-refractivity contribution in [3.8, 4) is 0 Å². The Morgan fingerprint density at radius 2 is 1.73 bits per heavy atom. The van der Waals surface area contributed by atoms with Crippen LogP contribution in [0.1, 0.15) is 37.7 Å². The van der Waals surface area contributed by atoms with E-state index in [-0.39, 0.29) is 6.10 Å². The van der Waals surface area contributed by atoms with Gasteiger partial charge in [0, 0.05) is 39.3 Å². The van der Waals surface area contributed by atoms with Gasteiger partial charge < -0.3 is 4.74 Å². The maximum absolute atomic E-state index is 12.6. The van der Waals surface area contributed by atoms with Gasteiger partial charge in [-0.1, -0.05) is 30.2 Å². The smallest absolute Gasteiger partial charge is 0.243 e. The summed E-state index contributed by atoms with van der Waals surface area (Å²) in [6.45, 7) is 3.22. The van der Waals surface area contributed by atoms with Gasteiger partial charge in [-0.15, -0.1) is 0 Å². The highest BCUT2D eigenvalue weighted by atomic mass is 32.2. The molecule has 0 bridgehead atoms. The van der Waals surface area contributed by atoms with Crippen molar-refractivity contribution >= 4 is 16.1 Å². The number of sulfonamides is 1. The molecule has 5 nitrogen and oxygen atoms in total. The van der Waals surface area contributed by atoms with Crippen molar-refractivity contribution in [2.75, 3.05) is 33.3 Å². The first-order valence-electron chi connectivity index (χ1n) is 9.63. The molecule has 0 N–H and O–H groups in total. The lowest BCUT2D eigenvalue weighted by atomic mass is 9.89. The van der Waals surface area contributed by atoms with Crippen molar-refractivity contribution in [3.05, 3.63) is 35.4 Å². The van der Waals surface area contributed by atoms with Crippen molar-refractivity contribution < 1.29 is 13.2 Å². The van der Waals surface area contributed by atoms with Crippen LogP contribution in [0.25, 0.3) is 6.08 Å². The molecule has 0 spiro atoms. The van der Waals surface area contributed by atoms with Gasteiger partial charge in [-0.25, -0.2) is 8.42 Å². The predicted octanol–water partition coefficient (Wildman–Crippen LogP) is 2.74. The summed E-state index contributed by atoms with van der Waals surface area (Å²) in [5.41, 5.74) is 2.57. The summed E-state index contributed by atoms with van der Waals surface area (Å²) in [6, 6.07) is 8.13. The lowest BCUT2D eigenvalue weighted by Crippen LogP contribution is -2.54. The molecule has 2 aliphatic heterocycles. The number of piperidine rings is 1. The fourth-order valence-corrected chi connectivity index (χ4v) is 5.44. The molecule has 142 valence electrons. The van der Waals surface area contributed by atoms with Gasteiger partial charge in [0.1, 0.15) is 0 Å². The third kappa shape index (κ3) is 3.60. The highest BCUT2D eigenvalue weighted by Crippen LogP contribution is 2.29. The van der Waals surface area contributed by atoms with E-state index in [1.165, 1.54) is 42.2 Å². The van der Waals surface area contributed by atoms with Gasteiger partial charge in [0.15, 0.2) is 0 Å². The standard InChI is InChI=1S/C20H28N2O3S/c1-25-19-14-22(15-19)26(23,24)20-7-5-16(6-8-20)13-17-9-11-21(12-10-17)18-3-2-4-18/h5-8,13,18-19H,2-4,9-12,14-15H2,1H3. The summed E-state index contributed by atoms with van der Waals surface area (Å²) < 4.78 is 31.8. The molecule has 4 rings (SSSR count). The third-order valence-corrected chi connectivity index (χ3v) is 7.91. The summed E-state index contributed by atoms with van der Waals surface area (Å²) in [4.78, 5) is 3.01. The molecule has 3 fully saturated rings. The fourth-order valence-electron chi connectivity index (χ4n) is 3.94. The molecule has 3 aliphatic rings. The van der Waals surface area contributed by atoms with Crippen LogP contribution in [0.2, 0.25) is 0 Å². The van der Waals surface area contributed by atoms with Gasteiger partial charge in [0.2, 0.25) is 10.0 Å². The van der Waals surface area contributed by atoms with Crippen molar-refractivity contribution in [3.63, 3.8) is 0 Å². The molecule has 0 radical (unpaired) electrons. The zero-order valence-electron chi connectivity index (χ0n) is 15.4. The van der Waals surface area contributed by atoms with Crippen LogP contribution < -0.4 is 0 Å². The van der Waals surface area contributed by atoms with Crippen molar-refractivity contribution in [2.24, 2.45) is 0 Å². The number of methoxy groups -OCH3 is 1. The number of benzene rings is 1. The molecule has 0 amide bonds. The first kappa shape index (κ1) is 18.2. The number of ether oxygens (including phenoxy) is 1. The van der Waals surface area contributed by atoms with Gasteiger partial charge in [-0.3, -0.25) is 4.90 Å². The SMILES string of the molecule is COC1CN(S(=O)(=O)c2ccc(C=C3CCN(C4CCC4)CC3)cc2)C1. The molecule has 1 aromatic carbocycles. The molecule has 0 unspecified atom stereocenters. The number of nitrogens with zero attached hydrogens (tertiary/aromatic N) is 2. The largest absolute Gasteiger partial charge is 0.379 e. The molecule has 26 heavy (non-hydrogen) atoms. The predicted molar refractivity (Wildman–Crippen MR) is 102 cm³/mol. The number of rotatable bonds is 5. The molecule has 2 heterocycles. The minimum atomic E-state index is -3.38. The Hall–Kier alpha value is -1.21. The fraction of sp³-hybridized carbons (Fsp3) is 0.600. The van der Waals surface area contributed by atoms with Crippen LogP contribution in [-0.4, -0.2) is 63.1 Å². The Balaban J connectivity index is 1.37. The lowest BCUT2D eigenvalue weighted by Gasteiger charge is -2.40. The number of hydrogen-bond donors (Lipinski definition) is 0. The summed E-state index contributed by atoms with van der Waals surface area (Å²) in [5.74, 6) is 0. The van der Waals surface area contributed by atoms with Crippen LogP contribution in [0.4, 0.5) is 0 Å². The first-order valence-corrected chi connectivity index (χ1v) is 11.1. The van der Waals surface area contributed by atoms with E-state index in [1.807, 2.05) is 12.1 Å². The van der Waals surface area contributed by atoms with Crippen molar-refractivity contribution in [1.82, 2.24) is 9.21 Å². The average molecular weight is 377 g/mol. The Morgan fingerprint density at radius 1 is 1.08 bits per heavy atom. The highest BCUT2D eigenvalue weighted by Gasteiger charge is 2.36. The van der Waals surface area contributed by atoms with E-state index in [2.05, 4.69) is 11.0 Å². The molecule has 0 aromatic heterocycles. The molecule has 1 aromatic rings. The van der Waals surface area contributed by atoms with E-state index >= 15 is 0 Å². The lowest BCUT2D eigenvalue weighted by molar-refractivity contribution is 0.0125. The molecule has 6 heteroatoms. The Bertz CT molecular complexity index is 753. The van der Waals surface area contributed by atoms with Crippen molar-refractivity contribution in [2.45, 2.75) is 49.1 Å². The van der Waals surface area contributed by atoms with Crippen LogP contribution in [0.5, 0.6) is 0 Å². The molecular weight excluding hydrogens is 348 g/mol. The zero-order chi connectivity index (χ0) is 18.1. The van der Waals surface area contributed by atoms with Crippen LogP contribution in [0, 0.1) is 0 Å². The van der Waals surface area contributed by atoms with Gasteiger partial charge in [-0.2, -0.15) is 4.31 Å². The summed E-state index contributed by atoms with van der Waals surface area (Å²) in [6.07, 6.45) is 8.65. The van der Waals surface area contributed by atoms with E-state index in [0.717, 1.165) is 24.4 Å². The number of hydrogen-bond acceptors (Lipinski definition) is 4. The van der Waals surface area contributed by atoms with Gasteiger partial charge in [0.05, 0.1) is 11.0 Å². The highest BCUT2D eigenvalue weighted by molar-refractivity contribution is 7.89. The first-order chi connectivity index (χ1) is 12.6. The van der Waals surface area contributed by atoms with E-state index in [1.54, 1.807) is 19.2 Å². The second-order valence-corrected chi connectivity index (χ2v) is 9.61. The maximum atomic E-state index is 12.6. The quantitative estimate of drug-likeness (QED) is 0.793. The van der Waals surface area contributed by atoms with E-state index in [9.17, 15) is 8.42 Å². The molecule has 0 atom stereocenters. The van der Waals surface area contributed by atoms with Crippen molar-refractivity contribution in [1.29, 1.82) is 0 Å². The van der Waals surface area contributed by atoms with Crippen LogP contribution in [0.15, 0.2) is 34.7 Å². The minimum absolute atomic E-state index is 0.0274. The summed E-state index contributed by atoms with van der Waals surface area (Å²) >= 11 is 0. The second kappa shape index (κ2) is 7.43. The molecule has 1 saturated carbocycles.